The molecule has 1 aliphatic heterocycles. The lowest BCUT2D eigenvalue weighted by Gasteiger charge is -2.03. The van der Waals surface area contributed by atoms with Crippen molar-refractivity contribution in [3.63, 3.8) is 0 Å². The Morgan fingerprint density at radius 3 is 3.00 bits per heavy atom. The van der Waals surface area contributed by atoms with Crippen LogP contribution in [0, 0.1) is 0 Å². The Kier molecular flexibility index (Phi) is 2.45. The van der Waals surface area contributed by atoms with Crippen LogP contribution < -0.4 is 14.8 Å². The number of ether oxygens (including phenoxy) is 2. The standard InChI is InChI=1S/C9H8ClNO3/c10-9(12)4-11-6-1-2-7-8(3-6)14-5-13-7/h1-3,11H,4-5H2. The molecule has 0 fully saturated rings. The molecule has 5 heteroatoms. The molecule has 0 aromatic heterocycles. The maximum absolute atomic E-state index is 10.5. The maximum atomic E-state index is 10.5. The molecule has 0 aliphatic carbocycles. The first-order valence-corrected chi connectivity index (χ1v) is 4.45. The van der Waals surface area contributed by atoms with Crippen molar-refractivity contribution in [2.24, 2.45) is 0 Å². The molecule has 0 saturated heterocycles. The summed E-state index contributed by atoms with van der Waals surface area (Å²) < 4.78 is 10.3. The summed E-state index contributed by atoms with van der Waals surface area (Å²) in [5.74, 6) is 1.39. The van der Waals surface area contributed by atoms with Crippen LogP contribution in [0.4, 0.5) is 5.69 Å². The molecule has 2 rings (SSSR count). The van der Waals surface area contributed by atoms with E-state index in [-0.39, 0.29) is 13.3 Å². The topological polar surface area (TPSA) is 47.6 Å². The summed E-state index contributed by atoms with van der Waals surface area (Å²) in [6, 6.07) is 5.35. The fourth-order valence-corrected chi connectivity index (χ4v) is 1.24. The van der Waals surface area contributed by atoms with Gasteiger partial charge in [0.1, 0.15) is 0 Å². The van der Waals surface area contributed by atoms with Crippen LogP contribution in [0.15, 0.2) is 18.2 Å². The second-order valence-corrected chi connectivity index (χ2v) is 3.20. The molecule has 0 radical (unpaired) electrons. The Morgan fingerprint density at radius 1 is 1.43 bits per heavy atom. The Labute approximate surface area is 85.8 Å². The van der Waals surface area contributed by atoms with Gasteiger partial charge in [0.15, 0.2) is 11.5 Å². The zero-order valence-electron chi connectivity index (χ0n) is 7.25. The van der Waals surface area contributed by atoms with Crippen molar-refractivity contribution in [2.75, 3.05) is 18.7 Å². The van der Waals surface area contributed by atoms with Gasteiger partial charge in [-0.25, -0.2) is 0 Å². The molecule has 0 spiro atoms. The molecule has 0 amide bonds. The number of anilines is 1. The first kappa shape index (κ1) is 9.15. The molecular weight excluding hydrogens is 206 g/mol. The van der Waals surface area contributed by atoms with Crippen LogP contribution in [0.3, 0.4) is 0 Å². The second kappa shape index (κ2) is 3.75. The van der Waals surface area contributed by atoms with Crippen molar-refractivity contribution < 1.29 is 14.3 Å². The quantitative estimate of drug-likeness (QED) is 0.775. The SMILES string of the molecule is O=C(Cl)CNc1ccc2c(c1)OCO2. The maximum Gasteiger partial charge on any atom is 0.240 e. The lowest BCUT2D eigenvalue weighted by molar-refractivity contribution is -0.110. The summed E-state index contributed by atoms with van der Waals surface area (Å²) >= 11 is 5.19. The van der Waals surface area contributed by atoms with Crippen molar-refractivity contribution in [3.8, 4) is 11.5 Å². The molecule has 1 aliphatic rings. The number of nitrogens with one attached hydrogen (secondary N) is 1. The number of halogens is 1. The van der Waals surface area contributed by atoms with Crippen LogP contribution in [-0.4, -0.2) is 18.6 Å². The Bertz CT molecular complexity index is 367. The Balaban J connectivity index is 2.09. The predicted octanol–water partition coefficient (Wildman–Crippen LogP) is 1.59. The molecular formula is C9H8ClNO3. The van der Waals surface area contributed by atoms with Gasteiger partial charge in [-0.15, -0.1) is 0 Å². The highest BCUT2D eigenvalue weighted by Gasteiger charge is 2.12. The number of rotatable bonds is 3. The van der Waals surface area contributed by atoms with Gasteiger partial charge in [0.2, 0.25) is 12.0 Å². The minimum atomic E-state index is -0.428. The molecule has 1 aromatic rings. The van der Waals surface area contributed by atoms with E-state index in [1.165, 1.54) is 0 Å². The average molecular weight is 214 g/mol. The van der Waals surface area contributed by atoms with Crippen LogP contribution in [0.5, 0.6) is 11.5 Å². The molecule has 1 N–H and O–H groups in total. The average Bonchev–Trinajstić information content (AvgIpc) is 2.61. The van der Waals surface area contributed by atoms with Gasteiger partial charge in [0.05, 0.1) is 6.54 Å². The third-order valence-electron chi connectivity index (χ3n) is 1.80. The van der Waals surface area contributed by atoms with Crippen molar-refractivity contribution in [1.82, 2.24) is 0 Å². The van der Waals surface area contributed by atoms with E-state index in [0.717, 1.165) is 5.69 Å². The molecule has 0 bridgehead atoms. The largest absolute Gasteiger partial charge is 0.454 e. The predicted molar refractivity (Wildman–Crippen MR) is 51.9 cm³/mol. The van der Waals surface area contributed by atoms with E-state index in [2.05, 4.69) is 5.32 Å². The van der Waals surface area contributed by atoms with Gasteiger partial charge in [-0.1, -0.05) is 0 Å². The van der Waals surface area contributed by atoms with E-state index in [1.807, 2.05) is 0 Å². The first-order valence-electron chi connectivity index (χ1n) is 4.07. The Morgan fingerprint density at radius 2 is 2.21 bits per heavy atom. The number of benzene rings is 1. The number of carbonyl (C=O) groups is 1. The van der Waals surface area contributed by atoms with Crippen LogP contribution >= 0.6 is 11.6 Å². The van der Waals surface area contributed by atoms with Crippen molar-refractivity contribution >= 4 is 22.5 Å². The number of hydrogen-bond acceptors (Lipinski definition) is 4. The summed E-state index contributed by atoms with van der Waals surface area (Å²) in [6.07, 6.45) is 0. The highest BCUT2D eigenvalue weighted by atomic mass is 35.5. The van der Waals surface area contributed by atoms with E-state index < -0.39 is 5.24 Å². The molecule has 0 saturated carbocycles. The van der Waals surface area contributed by atoms with E-state index >= 15 is 0 Å². The van der Waals surface area contributed by atoms with Crippen LogP contribution in [0.25, 0.3) is 0 Å². The fourth-order valence-electron chi connectivity index (χ4n) is 1.18. The highest BCUT2D eigenvalue weighted by Crippen LogP contribution is 2.34. The Hall–Kier alpha value is -1.42. The number of fused-ring (bicyclic) bond motifs is 1. The van der Waals surface area contributed by atoms with Crippen LogP contribution in [0.2, 0.25) is 0 Å². The highest BCUT2D eigenvalue weighted by molar-refractivity contribution is 6.64. The van der Waals surface area contributed by atoms with Crippen molar-refractivity contribution in [3.05, 3.63) is 18.2 Å². The number of carbonyl (C=O) groups excluding carboxylic acids is 1. The van der Waals surface area contributed by atoms with Crippen LogP contribution in [0.1, 0.15) is 0 Å². The van der Waals surface area contributed by atoms with Crippen molar-refractivity contribution in [1.29, 1.82) is 0 Å². The van der Waals surface area contributed by atoms with Gasteiger partial charge in [-0.2, -0.15) is 0 Å². The smallest absolute Gasteiger partial charge is 0.240 e. The zero-order valence-corrected chi connectivity index (χ0v) is 8.00. The minimum absolute atomic E-state index is 0.0984. The molecule has 1 heterocycles. The molecule has 0 unspecified atom stereocenters. The summed E-state index contributed by atoms with van der Waals surface area (Å²) in [5.41, 5.74) is 0.781. The number of hydrogen-bond donors (Lipinski definition) is 1. The third-order valence-corrected chi connectivity index (χ3v) is 1.94. The van der Waals surface area contributed by atoms with Crippen molar-refractivity contribution in [2.45, 2.75) is 0 Å². The van der Waals surface area contributed by atoms with Crippen LogP contribution in [-0.2, 0) is 4.79 Å². The van der Waals surface area contributed by atoms with Gasteiger partial charge in [0.25, 0.3) is 0 Å². The van der Waals surface area contributed by atoms with Gasteiger partial charge >= 0.3 is 0 Å². The van der Waals surface area contributed by atoms with Gasteiger partial charge in [-0.3, -0.25) is 4.79 Å². The van der Waals surface area contributed by atoms with E-state index in [1.54, 1.807) is 18.2 Å². The molecule has 14 heavy (non-hydrogen) atoms. The molecule has 4 nitrogen and oxygen atoms in total. The van der Waals surface area contributed by atoms with Gasteiger partial charge in [-0.05, 0) is 23.7 Å². The zero-order chi connectivity index (χ0) is 9.97. The normalized spacial score (nSPS) is 12.6. The molecule has 1 aromatic carbocycles. The summed E-state index contributed by atoms with van der Waals surface area (Å²) in [5, 5.41) is 2.43. The molecule has 74 valence electrons. The summed E-state index contributed by atoms with van der Waals surface area (Å²) in [6.45, 7) is 0.342. The second-order valence-electron chi connectivity index (χ2n) is 2.78. The fraction of sp³-hybridized carbons (Fsp3) is 0.222. The first-order chi connectivity index (χ1) is 6.75. The van der Waals surface area contributed by atoms with Gasteiger partial charge < -0.3 is 14.8 Å². The third kappa shape index (κ3) is 1.90. The van der Waals surface area contributed by atoms with E-state index in [9.17, 15) is 4.79 Å². The monoisotopic (exact) mass is 213 g/mol. The lowest BCUT2D eigenvalue weighted by Crippen LogP contribution is -2.07. The van der Waals surface area contributed by atoms with E-state index in [0.29, 0.717) is 11.5 Å². The lowest BCUT2D eigenvalue weighted by atomic mass is 10.3. The minimum Gasteiger partial charge on any atom is -0.454 e. The molecule has 0 atom stereocenters. The van der Waals surface area contributed by atoms with Gasteiger partial charge in [0, 0.05) is 11.8 Å². The summed E-state index contributed by atoms with van der Waals surface area (Å²) in [4.78, 5) is 10.5. The van der Waals surface area contributed by atoms with E-state index in [4.69, 9.17) is 21.1 Å². The summed E-state index contributed by atoms with van der Waals surface area (Å²) in [7, 11) is 0.